The van der Waals surface area contributed by atoms with E-state index in [9.17, 15) is 30.0 Å². The van der Waals surface area contributed by atoms with Crippen LogP contribution in [-0.2, 0) is 0 Å². The maximum atomic E-state index is 11.9. The Kier molecular flexibility index (Phi) is 9.03. The topological polar surface area (TPSA) is 122 Å². The van der Waals surface area contributed by atoms with Crippen LogP contribution >= 0.6 is 0 Å². The number of aromatic carboxylic acids is 2. The Labute approximate surface area is 290 Å². The van der Waals surface area contributed by atoms with E-state index in [-0.39, 0.29) is 22.6 Å². The minimum Gasteiger partial charge on any atom is -0.507 e. The van der Waals surface area contributed by atoms with Crippen LogP contribution in [0.5, 0.6) is 11.5 Å². The van der Waals surface area contributed by atoms with Gasteiger partial charge in [0.25, 0.3) is 0 Å². The van der Waals surface area contributed by atoms with Gasteiger partial charge in [0.05, 0.1) is 0 Å². The largest absolute Gasteiger partial charge is 0.507 e. The average Bonchev–Trinajstić information content (AvgIpc) is 3.10. The van der Waals surface area contributed by atoms with Crippen molar-refractivity contribution < 1.29 is 30.0 Å². The Morgan fingerprint density at radius 2 is 0.700 bits per heavy atom. The molecule has 4 N–H and O–H groups in total. The van der Waals surface area contributed by atoms with E-state index in [4.69, 9.17) is 0 Å². The zero-order chi connectivity index (χ0) is 35.7. The predicted molar refractivity (Wildman–Crippen MR) is 197 cm³/mol. The molecule has 8 nitrogen and oxygen atoms in total. The predicted octanol–water partition coefficient (Wildman–Crippen LogP) is 10.3. The minimum atomic E-state index is -1.22. The molecule has 0 bridgehead atoms. The molecule has 0 saturated heterocycles. The number of rotatable bonds is 9. The summed E-state index contributed by atoms with van der Waals surface area (Å²) in [5, 5.41) is 39.8. The first kappa shape index (κ1) is 33.4. The average molecular weight is 665 g/mol. The standard InChI is InChI=1S/C42H36N2O6/c1-25-5-11-33(21-27(25)3)43(35-17-19-39(45)37(23-35)41(47)48)31-13-7-29(8-14-31)30-9-15-32(16-10-30)44(34-12-6-26(2)28(4)22-34)36-18-20-40(46)38(24-36)42(49)50/h5-24,45-46H,1-4H3,(H,47,48)(H,49,50). The fourth-order valence-electron chi connectivity index (χ4n) is 5.90. The van der Waals surface area contributed by atoms with Crippen molar-refractivity contribution in [2.24, 2.45) is 0 Å². The number of carbonyl (C=O) groups is 2. The Morgan fingerprint density at radius 3 is 1.02 bits per heavy atom. The summed E-state index contributed by atoms with van der Waals surface area (Å²) in [6.07, 6.45) is 0. The van der Waals surface area contributed by atoms with E-state index in [0.717, 1.165) is 56.1 Å². The third kappa shape index (κ3) is 6.59. The number of hydrogen-bond donors (Lipinski definition) is 4. The van der Waals surface area contributed by atoms with Crippen molar-refractivity contribution in [1.82, 2.24) is 0 Å². The first-order chi connectivity index (χ1) is 23.9. The molecule has 8 heteroatoms. The van der Waals surface area contributed by atoms with E-state index in [1.54, 1.807) is 12.1 Å². The summed E-state index contributed by atoms with van der Waals surface area (Å²) in [4.78, 5) is 27.6. The fourth-order valence-corrected chi connectivity index (χ4v) is 5.90. The van der Waals surface area contributed by atoms with Gasteiger partial charge in [-0.1, -0.05) is 36.4 Å². The molecule has 0 aliphatic rings. The molecule has 6 aromatic rings. The SMILES string of the molecule is Cc1ccc(N(c2ccc(-c3ccc(N(c4ccc(C)c(C)c4)c4ccc(O)c(C(=O)O)c4)cc3)cc2)c2ccc(O)c(C(=O)O)c2)cc1C. The van der Waals surface area contributed by atoms with Crippen molar-refractivity contribution in [3.05, 3.63) is 155 Å². The second-order valence-corrected chi connectivity index (χ2v) is 12.3. The molecule has 0 spiro atoms. The molecule has 0 amide bonds. The summed E-state index contributed by atoms with van der Waals surface area (Å²) in [5.74, 6) is -3.04. The van der Waals surface area contributed by atoms with Crippen molar-refractivity contribution in [2.45, 2.75) is 27.7 Å². The number of phenols is 2. The van der Waals surface area contributed by atoms with E-state index in [1.807, 2.05) is 122 Å². The van der Waals surface area contributed by atoms with Gasteiger partial charge in [-0.05, 0) is 146 Å². The highest BCUT2D eigenvalue weighted by atomic mass is 16.4. The molecule has 0 saturated carbocycles. The van der Waals surface area contributed by atoms with E-state index in [0.29, 0.717) is 11.4 Å². The van der Waals surface area contributed by atoms with Gasteiger partial charge in [0.15, 0.2) is 0 Å². The monoisotopic (exact) mass is 664 g/mol. The van der Waals surface area contributed by atoms with Crippen LogP contribution in [0.3, 0.4) is 0 Å². The highest BCUT2D eigenvalue weighted by Crippen LogP contribution is 2.40. The Morgan fingerprint density at radius 1 is 0.400 bits per heavy atom. The van der Waals surface area contributed by atoms with Gasteiger partial charge in [0.2, 0.25) is 0 Å². The second kappa shape index (κ2) is 13.5. The zero-order valence-corrected chi connectivity index (χ0v) is 28.0. The normalized spacial score (nSPS) is 10.9. The molecule has 0 aliphatic carbocycles. The lowest BCUT2D eigenvalue weighted by Crippen LogP contribution is -2.11. The lowest BCUT2D eigenvalue weighted by molar-refractivity contribution is 0.0682. The third-order valence-electron chi connectivity index (χ3n) is 9.02. The van der Waals surface area contributed by atoms with Gasteiger partial charge in [0, 0.05) is 34.1 Å². The molecule has 6 rings (SSSR count). The van der Waals surface area contributed by atoms with Gasteiger partial charge >= 0.3 is 11.9 Å². The van der Waals surface area contributed by atoms with Gasteiger partial charge in [-0.25, -0.2) is 9.59 Å². The Hall–Kier alpha value is -6.54. The van der Waals surface area contributed by atoms with Crippen LogP contribution in [0.1, 0.15) is 43.0 Å². The van der Waals surface area contributed by atoms with Crippen LogP contribution in [0.15, 0.2) is 121 Å². The van der Waals surface area contributed by atoms with E-state index >= 15 is 0 Å². The van der Waals surface area contributed by atoms with Crippen molar-refractivity contribution in [3.63, 3.8) is 0 Å². The van der Waals surface area contributed by atoms with Gasteiger partial charge in [-0.2, -0.15) is 0 Å². The van der Waals surface area contributed by atoms with Crippen LogP contribution < -0.4 is 9.80 Å². The number of aryl methyl sites for hydroxylation is 4. The van der Waals surface area contributed by atoms with Crippen LogP contribution in [0.2, 0.25) is 0 Å². The molecule has 0 radical (unpaired) electrons. The summed E-state index contributed by atoms with van der Waals surface area (Å²) in [6.45, 7) is 8.12. The lowest BCUT2D eigenvalue weighted by Gasteiger charge is -2.27. The number of carboxylic acid groups (broad SMARTS) is 2. The van der Waals surface area contributed by atoms with Crippen molar-refractivity contribution in [2.75, 3.05) is 9.80 Å². The van der Waals surface area contributed by atoms with Gasteiger partial charge in [-0.15, -0.1) is 0 Å². The molecule has 0 aromatic heterocycles. The van der Waals surface area contributed by atoms with Crippen LogP contribution in [0, 0.1) is 27.7 Å². The summed E-state index contributed by atoms with van der Waals surface area (Å²) < 4.78 is 0. The Balaban J connectivity index is 1.38. The van der Waals surface area contributed by atoms with E-state index in [2.05, 4.69) is 0 Å². The molecule has 0 unspecified atom stereocenters. The molecule has 50 heavy (non-hydrogen) atoms. The third-order valence-corrected chi connectivity index (χ3v) is 9.02. The van der Waals surface area contributed by atoms with Crippen LogP contribution in [0.4, 0.5) is 34.1 Å². The molecular weight excluding hydrogens is 628 g/mol. The summed E-state index contributed by atoms with van der Waals surface area (Å²) in [7, 11) is 0. The quantitative estimate of drug-likeness (QED) is 0.120. The van der Waals surface area contributed by atoms with Crippen LogP contribution in [-0.4, -0.2) is 32.4 Å². The summed E-state index contributed by atoms with van der Waals surface area (Å²) in [5.41, 5.74) is 10.4. The van der Waals surface area contributed by atoms with Crippen molar-refractivity contribution >= 4 is 46.1 Å². The van der Waals surface area contributed by atoms with Gasteiger partial charge in [-0.3, -0.25) is 0 Å². The molecular formula is C42H36N2O6. The summed E-state index contributed by atoms with van der Waals surface area (Å²) >= 11 is 0. The molecule has 0 aliphatic heterocycles. The van der Waals surface area contributed by atoms with E-state index < -0.39 is 11.9 Å². The van der Waals surface area contributed by atoms with Crippen LogP contribution in [0.25, 0.3) is 11.1 Å². The number of carboxylic acids is 2. The van der Waals surface area contributed by atoms with Gasteiger partial charge < -0.3 is 30.2 Å². The van der Waals surface area contributed by atoms with Crippen molar-refractivity contribution in [3.8, 4) is 22.6 Å². The highest BCUT2D eigenvalue weighted by molar-refractivity contribution is 5.94. The summed E-state index contributed by atoms with van der Waals surface area (Å²) in [6, 6.07) is 37.1. The first-order valence-corrected chi connectivity index (χ1v) is 16.0. The smallest absolute Gasteiger partial charge is 0.339 e. The maximum Gasteiger partial charge on any atom is 0.339 e. The molecule has 0 fully saturated rings. The molecule has 6 aromatic carbocycles. The number of nitrogens with zero attached hydrogens (tertiary/aromatic N) is 2. The molecule has 0 atom stereocenters. The number of aromatic hydroxyl groups is 2. The fraction of sp³-hybridized carbons (Fsp3) is 0.0952. The molecule has 0 heterocycles. The van der Waals surface area contributed by atoms with Crippen molar-refractivity contribution in [1.29, 1.82) is 0 Å². The first-order valence-electron chi connectivity index (χ1n) is 16.0. The molecule has 250 valence electrons. The number of hydrogen-bond acceptors (Lipinski definition) is 6. The second-order valence-electron chi connectivity index (χ2n) is 12.3. The number of benzene rings is 6. The lowest BCUT2D eigenvalue weighted by atomic mass is 10.0. The zero-order valence-electron chi connectivity index (χ0n) is 28.0. The highest BCUT2D eigenvalue weighted by Gasteiger charge is 2.20. The van der Waals surface area contributed by atoms with E-state index in [1.165, 1.54) is 24.3 Å². The Bertz CT molecular complexity index is 2080. The maximum absolute atomic E-state index is 11.9. The minimum absolute atomic E-state index is 0.186. The van der Waals surface area contributed by atoms with Gasteiger partial charge in [0.1, 0.15) is 22.6 Å². The number of anilines is 6.